The molecule has 0 aliphatic carbocycles. The number of hydrogen-bond donors (Lipinski definition) is 1. The van der Waals surface area contributed by atoms with Gasteiger partial charge in [-0.05, 0) is 24.1 Å². The molecule has 2 aliphatic heterocycles. The molecule has 4 rings (SSSR count). The van der Waals surface area contributed by atoms with Crippen LogP contribution in [0.2, 0.25) is 0 Å². The number of ether oxygens (including phenoxy) is 1. The average Bonchev–Trinajstić information content (AvgIpc) is 3.20. The molecule has 0 spiro atoms. The highest BCUT2D eigenvalue weighted by atomic mass is 32.1. The van der Waals surface area contributed by atoms with E-state index in [1.807, 2.05) is 0 Å². The van der Waals surface area contributed by atoms with Gasteiger partial charge in [0, 0.05) is 46.1 Å². The van der Waals surface area contributed by atoms with E-state index in [-0.39, 0.29) is 12.0 Å². The Labute approximate surface area is 157 Å². The summed E-state index contributed by atoms with van der Waals surface area (Å²) in [6.07, 6.45) is 1.30. The van der Waals surface area contributed by atoms with Crippen LogP contribution in [-0.4, -0.2) is 53.3 Å². The van der Waals surface area contributed by atoms with E-state index < -0.39 is 0 Å². The van der Waals surface area contributed by atoms with Gasteiger partial charge in [0.05, 0.1) is 0 Å². The Morgan fingerprint density at radius 1 is 1.31 bits per heavy atom. The largest absolute Gasteiger partial charge is 0.490 e. The standard InChI is InChI=1S/C18H23N5O2S/c1-12-9-15-4-3-14(10-16(15)25-12)11-22-5-7-23(8-6-22)18-21-20-17(26-18)19-13(2)24/h3-4,10,12H,5-9,11H2,1-2H3,(H,19,20,24)/t12-/m1/s1. The van der Waals surface area contributed by atoms with Crippen LogP contribution in [0.15, 0.2) is 18.2 Å². The topological polar surface area (TPSA) is 70.6 Å². The summed E-state index contributed by atoms with van der Waals surface area (Å²) >= 11 is 1.42. The quantitative estimate of drug-likeness (QED) is 0.885. The number of amides is 1. The minimum Gasteiger partial charge on any atom is -0.490 e. The zero-order valence-electron chi connectivity index (χ0n) is 15.1. The lowest BCUT2D eigenvalue weighted by Crippen LogP contribution is -2.45. The molecule has 7 nitrogen and oxygen atoms in total. The minimum absolute atomic E-state index is 0.120. The fraction of sp³-hybridized carbons (Fsp3) is 0.500. The molecule has 138 valence electrons. The SMILES string of the molecule is CC(=O)Nc1nnc(N2CCN(Cc3ccc4c(c3)O[C@H](C)C4)CC2)s1. The van der Waals surface area contributed by atoms with Crippen LogP contribution in [0.3, 0.4) is 0 Å². The average molecular weight is 373 g/mol. The molecule has 0 saturated carbocycles. The second-order valence-electron chi connectivity index (χ2n) is 6.91. The first-order chi connectivity index (χ1) is 12.6. The Kier molecular flexibility index (Phi) is 4.78. The van der Waals surface area contributed by atoms with E-state index in [0.29, 0.717) is 5.13 Å². The zero-order chi connectivity index (χ0) is 18.1. The van der Waals surface area contributed by atoms with Crippen LogP contribution in [-0.2, 0) is 17.8 Å². The van der Waals surface area contributed by atoms with Crippen molar-refractivity contribution >= 4 is 27.5 Å². The maximum absolute atomic E-state index is 11.1. The van der Waals surface area contributed by atoms with Crippen molar-refractivity contribution in [3.63, 3.8) is 0 Å². The number of carbonyl (C=O) groups excluding carboxylic acids is 1. The van der Waals surface area contributed by atoms with Crippen LogP contribution >= 0.6 is 11.3 Å². The molecule has 26 heavy (non-hydrogen) atoms. The Bertz CT molecular complexity index is 801. The van der Waals surface area contributed by atoms with Gasteiger partial charge in [0.1, 0.15) is 11.9 Å². The molecule has 1 aromatic carbocycles. The highest BCUT2D eigenvalue weighted by molar-refractivity contribution is 7.19. The Morgan fingerprint density at radius 3 is 2.88 bits per heavy atom. The minimum atomic E-state index is -0.120. The molecule has 0 radical (unpaired) electrons. The van der Waals surface area contributed by atoms with Crippen LogP contribution in [0, 0.1) is 0 Å². The summed E-state index contributed by atoms with van der Waals surface area (Å²) in [7, 11) is 0. The van der Waals surface area contributed by atoms with Gasteiger partial charge in [-0.3, -0.25) is 9.69 Å². The molecule has 1 saturated heterocycles. The monoisotopic (exact) mass is 373 g/mol. The van der Waals surface area contributed by atoms with Gasteiger partial charge >= 0.3 is 0 Å². The van der Waals surface area contributed by atoms with Crippen molar-refractivity contribution in [3.8, 4) is 5.75 Å². The fourth-order valence-corrected chi connectivity index (χ4v) is 4.29. The van der Waals surface area contributed by atoms with Crippen LogP contribution in [0.25, 0.3) is 0 Å². The smallest absolute Gasteiger partial charge is 0.223 e. The third kappa shape index (κ3) is 3.81. The van der Waals surface area contributed by atoms with E-state index in [1.165, 1.54) is 29.4 Å². The molecule has 1 fully saturated rings. The number of rotatable bonds is 4. The number of nitrogens with one attached hydrogen (secondary N) is 1. The van der Waals surface area contributed by atoms with Crippen LogP contribution < -0.4 is 15.0 Å². The summed E-state index contributed by atoms with van der Waals surface area (Å²) in [6.45, 7) is 8.30. The summed E-state index contributed by atoms with van der Waals surface area (Å²) in [4.78, 5) is 15.8. The van der Waals surface area contributed by atoms with E-state index in [0.717, 1.165) is 50.0 Å². The van der Waals surface area contributed by atoms with Crippen molar-refractivity contribution in [3.05, 3.63) is 29.3 Å². The van der Waals surface area contributed by atoms with E-state index in [9.17, 15) is 4.79 Å². The van der Waals surface area contributed by atoms with Gasteiger partial charge in [-0.2, -0.15) is 0 Å². The van der Waals surface area contributed by atoms with Crippen LogP contribution in [0.4, 0.5) is 10.3 Å². The lowest BCUT2D eigenvalue weighted by atomic mass is 10.1. The normalized spacial score (nSPS) is 19.9. The highest BCUT2D eigenvalue weighted by Crippen LogP contribution is 2.30. The van der Waals surface area contributed by atoms with Crippen LogP contribution in [0.1, 0.15) is 25.0 Å². The van der Waals surface area contributed by atoms with Crippen molar-refractivity contribution in [2.75, 3.05) is 36.4 Å². The summed E-state index contributed by atoms with van der Waals surface area (Å²) in [6, 6.07) is 6.61. The second kappa shape index (κ2) is 7.20. The van der Waals surface area contributed by atoms with Crippen molar-refractivity contribution in [1.29, 1.82) is 0 Å². The molecular weight excluding hydrogens is 350 g/mol. The van der Waals surface area contributed by atoms with E-state index >= 15 is 0 Å². The van der Waals surface area contributed by atoms with Gasteiger partial charge in [-0.1, -0.05) is 23.5 Å². The second-order valence-corrected chi connectivity index (χ2v) is 7.86. The Balaban J connectivity index is 1.32. The van der Waals surface area contributed by atoms with Gasteiger partial charge < -0.3 is 15.0 Å². The number of nitrogens with zero attached hydrogens (tertiary/aromatic N) is 4. The number of benzene rings is 1. The molecule has 1 N–H and O–H groups in total. The molecule has 2 aromatic rings. The predicted molar refractivity (Wildman–Crippen MR) is 102 cm³/mol. The third-order valence-electron chi connectivity index (χ3n) is 4.71. The van der Waals surface area contributed by atoms with Crippen molar-refractivity contribution in [2.45, 2.75) is 32.9 Å². The molecule has 3 heterocycles. The van der Waals surface area contributed by atoms with Crippen molar-refractivity contribution in [2.24, 2.45) is 0 Å². The summed E-state index contributed by atoms with van der Waals surface area (Å²) in [5.41, 5.74) is 2.62. The number of carbonyl (C=O) groups is 1. The number of hydrogen-bond acceptors (Lipinski definition) is 7. The number of anilines is 2. The lowest BCUT2D eigenvalue weighted by molar-refractivity contribution is -0.114. The molecule has 0 bridgehead atoms. The van der Waals surface area contributed by atoms with Gasteiger partial charge in [0.15, 0.2) is 0 Å². The number of fused-ring (bicyclic) bond motifs is 1. The molecule has 0 unspecified atom stereocenters. The maximum Gasteiger partial charge on any atom is 0.223 e. The molecular formula is C18H23N5O2S. The van der Waals surface area contributed by atoms with Gasteiger partial charge in [-0.15, -0.1) is 10.2 Å². The van der Waals surface area contributed by atoms with Gasteiger partial charge in [-0.25, -0.2) is 0 Å². The Morgan fingerprint density at radius 2 is 2.12 bits per heavy atom. The molecule has 2 aliphatic rings. The first-order valence-corrected chi connectivity index (χ1v) is 9.75. The van der Waals surface area contributed by atoms with Crippen molar-refractivity contribution < 1.29 is 9.53 Å². The Hall–Kier alpha value is -2.19. The van der Waals surface area contributed by atoms with E-state index in [4.69, 9.17) is 4.74 Å². The van der Waals surface area contributed by atoms with Gasteiger partial charge in [0.25, 0.3) is 0 Å². The third-order valence-corrected chi connectivity index (χ3v) is 5.61. The highest BCUT2D eigenvalue weighted by Gasteiger charge is 2.22. The summed E-state index contributed by atoms with van der Waals surface area (Å²) in [5, 5.41) is 12.3. The number of piperazine rings is 1. The lowest BCUT2D eigenvalue weighted by Gasteiger charge is -2.34. The predicted octanol–water partition coefficient (Wildman–Crippen LogP) is 2.14. The van der Waals surface area contributed by atoms with Crippen molar-refractivity contribution in [1.82, 2.24) is 15.1 Å². The molecule has 1 atom stereocenters. The van der Waals surface area contributed by atoms with Gasteiger partial charge in [0.2, 0.25) is 16.2 Å². The molecule has 8 heteroatoms. The van der Waals surface area contributed by atoms with E-state index in [1.54, 1.807) is 0 Å². The van der Waals surface area contributed by atoms with E-state index in [2.05, 4.69) is 50.4 Å². The first-order valence-electron chi connectivity index (χ1n) is 8.93. The maximum atomic E-state index is 11.1. The molecule has 1 amide bonds. The zero-order valence-corrected chi connectivity index (χ0v) is 15.9. The summed E-state index contributed by atoms with van der Waals surface area (Å²) in [5.74, 6) is 0.929. The van der Waals surface area contributed by atoms with Crippen LogP contribution in [0.5, 0.6) is 5.75 Å². The fourth-order valence-electron chi connectivity index (χ4n) is 3.44. The first kappa shape index (κ1) is 17.2. The summed E-state index contributed by atoms with van der Waals surface area (Å²) < 4.78 is 5.87. The molecule has 1 aromatic heterocycles. The number of aromatic nitrogens is 2.